The first-order chi connectivity index (χ1) is 7.63. The zero-order valence-corrected chi connectivity index (χ0v) is 11.0. The van der Waals surface area contributed by atoms with Gasteiger partial charge in [0.05, 0.1) is 17.4 Å². The molecule has 1 fully saturated rings. The first-order valence-electron chi connectivity index (χ1n) is 5.46. The summed E-state index contributed by atoms with van der Waals surface area (Å²) < 4.78 is 5.62. The normalized spacial score (nSPS) is 25.9. The highest BCUT2D eigenvalue weighted by atomic mass is 35.5. The van der Waals surface area contributed by atoms with E-state index in [-0.39, 0.29) is 11.9 Å². The van der Waals surface area contributed by atoms with Crippen LogP contribution in [0.1, 0.15) is 30.6 Å². The molecule has 1 heterocycles. The molecule has 0 aliphatic heterocycles. The molecular weight excluding hydrogens is 244 g/mol. The van der Waals surface area contributed by atoms with Crippen LogP contribution >= 0.6 is 22.9 Å². The number of hydrogen-bond donors (Lipinski definition) is 0. The molecule has 1 saturated carbocycles. The number of hydrogen-bond acceptors (Lipinski definition) is 3. The minimum atomic E-state index is -0.0997. The number of rotatable bonds is 3. The SMILES string of the molecule is COC(=O)C(C)C1CCC1c1ccc(Cl)s1. The van der Waals surface area contributed by atoms with E-state index in [4.69, 9.17) is 16.3 Å². The fraction of sp³-hybridized carbons (Fsp3) is 0.583. The van der Waals surface area contributed by atoms with Gasteiger partial charge in [0.25, 0.3) is 0 Å². The van der Waals surface area contributed by atoms with Gasteiger partial charge in [-0.3, -0.25) is 4.79 Å². The molecule has 2 rings (SSSR count). The summed E-state index contributed by atoms with van der Waals surface area (Å²) in [4.78, 5) is 12.8. The molecule has 0 bridgehead atoms. The Balaban J connectivity index is 2.06. The van der Waals surface area contributed by atoms with Gasteiger partial charge < -0.3 is 4.74 Å². The van der Waals surface area contributed by atoms with Crippen molar-refractivity contribution in [3.8, 4) is 0 Å². The average Bonchev–Trinajstić information content (AvgIpc) is 2.61. The van der Waals surface area contributed by atoms with Crippen LogP contribution in [0.5, 0.6) is 0 Å². The van der Waals surface area contributed by atoms with E-state index < -0.39 is 0 Å². The standard InChI is InChI=1S/C12H15ClO2S/c1-7(12(14)15-2)8-3-4-9(8)10-5-6-11(13)16-10/h5-9H,3-4H2,1-2H3. The topological polar surface area (TPSA) is 26.3 Å². The van der Waals surface area contributed by atoms with E-state index in [1.165, 1.54) is 12.0 Å². The fourth-order valence-electron chi connectivity index (χ4n) is 2.37. The van der Waals surface area contributed by atoms with Crippen LogP contribution in [0.4, 0.5) is 0 Å². The van der Waals surface area contributed by atoms with Crippen LogP contribution < -0.4 is 0 Å². The Bertz CT molecular complexity index is 388. The second-order valence-electron chi connectivity index (χ2n) is 4.30. The van der Waals surface area contributed by atoms with E-state index in [0.717, 1.165) is 17.2 Å². The van der Waals surface area contributed by atoms with Crippen molar-refractivity contribution >= 4 is 28.9 Å². The summed E-state index contributed by atoms with van der Waals surface area (Å²) in [6, 6.07) is 4.01. The summed E-state index contributed by atoms with van der Waals surface area (Å²) in [6.07, 6.45) is 2.26. The van der Waals surface area contributed by atoms with E-state index >= 15 is 0 Å². The number of thiophene rings is 1. The van der Waals surface area contributed by atoms with Gasteiger partial charge in [0.2, 0.25) is 0 Å². The number of carbonyl (C=O) groups is 1. The van der Waals surface area contributed by atoms with Gasteiger partial charge in [0.1, 0.15) is 0 Å². The van der Waals surface area contributed by atoms with Crippen molar-refractivity contribution in [2.24, 2.45) is 11.8 Å². The van der Waals surface area contributed by atoms with E-state index in [2.05, 4.69) is 6.07 Å². The Morgan fingerprint density at radius 2 is 2.31 bits per heavy atom. The molecule has 1 aromatic heterocycles. The van der Waals surface area contributed by atoms with Crippen molar-refractivity contribution in [3.05, 3.63) is 21.3 Å². The highest BCUT2D eigenvalue weighted by Gasteiger charge is 2.39. The Labute approximate surface area is 105 Å². The molecule has 3 unspecified atom stereocenters. The minimum absolute atomic E-state index is 0.00961. The summed E-state index contributed by atoms with van der Waals surface area (Å²) in [5.41, 5.74) is 0. The smallest absolute Gasteiger partial charge is 0.308 e. The Hall–Kier alpha value is -0.540. The third-order valence-corrected chi connectivity index (χ3v) is 4.87. The molecule has 1 aliphatic rings. The lowest BCUT2D eigenvalue weighted by molar-refractivity contribution is -0.148. The summed E-state index contributed by atoms with van der Waals surface area (Å²) in [6.45, 7) is 1.96. The van der Waals surface area contributed by atoms with E-state index in [9.17, 15) is 4.79 Å². The zero-order chi connectivity index (χ0) is 11.7. The predicted octanol–water partition coefficient (Wildman–Crippen LogP) is 3.70. The van der Waals surface area contributed by atoms with Gasteiger partial charge in [-0.15, -0.1) is 11.3 Å². The van der Waals surface area contributed by atoms with Gasteiger partial charge in [-0.05, 0) is 36.8 Å². The van der Waals surface area contributed by atoms with Crippen molar-refractivity contribution in [2.75, 3.05) is 7.11 Å². The molecule has 88 valence electrons. The molecule has 16 heavy (non-hydrogen) atoms. The van der Waals surface area contributed by atoms with Crippen molar-refractivity contribution in [1.29, 1.82) is 0 Å². The molecule has 3 atom stereocenters. The number of methoxy groups -OCH3 is 1. The van der Waals surface area contributed by atoms with Crippen LogP contribution in [0.15, 0.2) is 12.1 Å². The lowest BCUT2D eigenvalue weighted by Crippen LogP contribution is -2.33. The van der Waals surface area contributed by atoms with Crippen molar-refractivity contribution < 1.29 is 9.53 Å². The quantitative estimate of drug-likeness (QED) is 0.773. The predicted molar refractivity (Wildman–Crippen MR) is 66.0 cm³/mol. The highest BCUT2D eigenvalue weighted by molar-refractivity contribution is 7.16. The highest BCUT2D eigenvalue weighted by Crippen LogP contribution is 2.49. The van der Waals surface area contributed by atoms with Crippen LogP contribution in [-0.2, 0) is 9.53 Å². The summed E-state index contributed by atoms with van der Waals surface area (Å²) in [5, 5.41) is 0. The molecule has 1 aliphatic carbocycles. The van der Waals surface area contributed by atoms with Gasteiger partial charge in [-0.1, -0.05) is 18.5 Å². The van der Waals surface area contributed by atoms with Crippen LogP contribution in [0.25, 0.3) is 0 Å². The number of halogens is 1. The molecule has 0 radical (unpaired) electrons. The Morgan fingerprint density at radius 1 is 1.56 bits per heavy atom. The van der Waals surface area contributed by atoms with Gasteiger partial charge in [-0.2, -0.15) is 0 Å². The maximum Gasteiger partial charge on any atom is 0.308 e. The van der Waals surface area contributed by atoms with E-state index in [0.29, 0.717) is 11.8 Å². The third-order valence-electron chi connectivity index (χ3n) is 3.50. The number of esters is 1. The summed E-state index contributed by atoms with van der Waals surface area (Å²) in [5.74, 6) is 0.802. The van der Waals surface area contributed by atoms with E-state index in [1.807, 2.05) is 13.0 Å². The maximum atomic E-state index is 11.5. The summed E-state index contributed by atoms with van der Waals surface area (Å²) in [7, 11) is 1.45. The molecule has 0 amide bonds. The second-order valence-corrected chi connectivity index (χ2v) is 6.05. The van der Waals surface area contributed by atoms with Crippen LogP contribution in [0.3, 0.4) is 0 Å². The van der Waals surface area contributed by atoms with Gasteiger partial charge in [0, 0.05) is 4.88 Å². The molecule has 4 heteroatoms. The van der Waals surface area contributed by atoms with Crippen molar-refractivity contribution in [1.82, 2.24) is 0 Å². The Kier molecular flexibility index (Phi) is 3.55. The molecule has 2 nitrogen and oxygen atoms in total. The zero-order valence-electron chi connectivity index (χ0n) is 9.40. The van der Waals surface area contributed by atoms with Gasteiger partial charge >= 0.3 is 5.97 Å². The van der Waals surface area contributed by atoms with Crippen molar-refractivity contribution in [3.63, 3.8) is 0 Å². The monoisotopic (exact) mass is 258 g/mol. The van der Waals surface area contributed by atoms with Crippen LogP contribution in [0, 0.1) is 11.8 Å². The molecule has 0 N–H and O–H groups in total. The minimum Gasteiger partial charge on any atom is -0.469 e. The molecular formula is C12H15ClO2S. The summed E-state index contributed by atoms with van der Waals surface area (Å²) >= 11 is 7.56. The lowest BCUT2D eigenvalue weighted by atomic mass is 9.67. The Morgan fingerprint density at radius 3 is 2.75 bits per heavy atom. The van der Waals surface area contributed by atoms with Gasteiger partial charge in [0.15, 0.2) is 0 Å². The number of ether oxygens (including phenoxy) is 1. The fourth-order valence-corrected chi connectivity index (χ4v) is 3.64. The average molecular weight is 259 g/mol. The maximum absolute atomic E-state index is 11.5. The molecule has 0 spiro atoms. The largest absolute Gasteiger partial charge is 0.469 e. The lowest BCUT2D eigenvalue weighted by Gasteiger charge is -2.39. The molecule has 1 aromatic rings. The van der Waals surface area contributed by atoms with Gasteiger partial charge in [-0.25, -0.2) is 0 Å². The number of carbonyl (C=O) groups excluding carboxylic acids is 1. The first kappa shape index (κ1) is 11.9. The molecule has 0 aromatic carbocycles. The molecule has 0 saturated heterocycles. The first-order valence-corrected chi connectivity index (χ1v) is 6.66. The van der Waals surface area contributed by atoms with Crippen LogP contribution in [0.2, 0.25) is 4.34 Å². The van der Waals surface area contributed by atoms with Crippen molar-refractivity contribution in [2.45, 2.75) is 25.7 Å². The third kappa shape index (κ3) is 2.11. The second kappa shape index (κ2) is 4.76. The van der Waals surface area contributed by atoms with E-state index in [1.54, 1.807) is 11.3 Å². The van der Waals surface area contributed by atoms with Crippen LogP contribution in [-0.4, -0.2) is 13.1 Å².